The van der Waals surface area contributed by atoms with Gasteiger partial charge in [-0.2, -0.15) is 0 Å². The number of hydrogen-bond donors (Lipinski definition) is 0. The number of ether oxygens (including phenoxy) is 1. The molecule has 2 atom stereocenters. The molecule has 0 N–H and O–H groups in total. The molecule has 1 amide bonds. The zero-order chi connectivity index (χ0) is 10.1. The first-order chi connectivity index (χ1) is 6.74. The van der Waals surface area contributed by atoms with Crippen molar-refractivity contribution in [1.82, 2.24) is 4.90 Å². The largest absolute Gasteiger partial charge is 0.466 e. The number of rotatable bonds is 2. The van der Waals surface area contributed by atoms with Crippen molar-refractivity contribution in [3.63, 3.8) is 0 Å². The zero-order valence-electron chi connectivity index (χ0n) is 8.36. The van der Waals surface area contributed by atoms with E-state index in [1.165, 1.54) is 0 Å². The normalized spacial score (nSPS) is 30.6. The summed E-state index contributed by atoms with van der Waals surface area (Å²) in [6.45, 7) is 3.01. The quantitative estimate of drug-likeness (QED) is 0.608. The summed E-state index contributed by atoms with van der Waals surface area (Å²) in [6.07, 6.45) is 2.32. The first-order valence-corrected chi connectivity index (χ1v) is 5.20. The van der Waals surface area contributed by atoms with Crippen molar-refractivity contribution in [1.29, 1.82) is 0 Å². The third kappa shape index (κ3) is 1.38. The van der Waals surface area contributed by atoms with Crippen LogP contribution in [0.25, 0.3) is 0 Å². The average molecular weight is 197 g/mol. The van der Waals surface area contributed by atoms with Gasteiger partial charge in [0.1, 0.15) is 0 Å². The van der Waals surface area contributed by atoms with Crippen molar-refractivity contribution in [3.05, 3.63) is 0 Å². The molecule has 78 valence electrons. The third-order valence-electron chi connectivity index (χ3n) is 3.07. The molecule has 2 aliphatic rings. The Kier molecular flexibility index (Phi) is 2.44. The second-order valence-corrected chi connectivity index (χ2v) is 3.86. The minimum absolute atomic E-state index is 0.116. The van der Waals surface area contributed by atoms with E-state index in [1.54, 1.807) is 6.92 Å². The molecule has 2 aliphatic heterocycles. The van der Waals surface area contributed by atoms with Gasteiger partial charge in [0.05, 0.1) is 12.5 Å². The lowest BCUT2D eigenvalue weighted by Crippen LogP contribution is -2.32. The van der Waals surface area contributed by atoms with E-state index in [4.69, 9.17) is 4.74 Å². The van der Waals surface area contributed by atoms with Crippen LogP contribution in [0.15, 0.2) is 0 Å². The van der Waals surface area contributed by atoms with Gasteiger partial charge >= 0.3 is 5.97 Å². The lowest BCUT2D eigenvalue weighted by atomic mass is 9.98. The maximum atomic E-state index is 11.5. The van der Waals surface area contributed by atoms with Crippen molar-refractivity contribution in [3.8, 4) is 0 Å². The Labute approximate surface area is 83.2 Å². The lowest BCUT2D eigenvalue weighted by Gasteiger charge is -2.18. The van der Waals surface area contributed by atoms with Gasteiger partial charge in [-0.1, -0.05) is 0 Å². The van der Waals surface area contributed by atoms with Crippen molar-refractivity contribution in [2.75, 3.05) is 13.2 Å². The minimum atomic E-state index is -0.204. The summed E-state index contributed by atoms with van der Waals surface area (Å²) < 4.78 is 4.96. The molecule has 2 saturated heterocycles. The third-order valence-corrected chi connectivity index (χ3v) is 3.07. The monoisotopic (exact) mass is 197 g/mol. The summed E-state index contributed by atoms with van der Waals surface area (Å²) >= 11 is 0. The van der Waals surface area contributed by atoms with Crippen molar-refractivity contribution >= 4 is 11.9 Å². The average Bonchev–Trinajstić information content (AvgIpc) is 2.70. The standard InChI is InChI=1S/C10H15NO3/c1-2-14-10(13)7-6-9(12)11-5-3-4-8(7)11/h7-8H,2-6H2,1H3/t7-,8+/m1/s1. The van der Waals surface area contributed by atoms with E-state index in [0.717, 1.165) is 19.4 Å². The predicted octanol–water partition coefficient (Wildman–Crippen LogP) is 0.560. The van der Waals surface area contributed by atoms with Gasteiger partial charge in [-0.25, -0.2) is 0 Å². The summed E-state index contributed by atoms with van der Waals surface area (Å²) in [5.74, 6) is -0.286. The molecule has 0 aliphatic carbocycles. The van der Waals surface area contributed by atoms with Gasteiger partial charge in [0.15, 0.2) is 0 Å². The van der Waals surface area contributed by atoms with Crippen LogP contribution in [-0.4, -0.2) is 36.0 Å². The first-order valence-electron chi connectivity index (χ1n) is 5.20. The lowest BCUT2D eigenvalue weighted by molar-refractivity contribution is -0.148. The number of esters is 1. The Bertz CT molecular complexity index is 264. The second-order valence-electron chi connectivity index (χ2n) is 3.86. The molecule has 0 aromatic heterocycles. The molecule has 14 heavy (non-hydrogen) atoms. The summed E-state index contributed by atoms with van der Waals surface area (Å²) in [7, 11) is 0. The number of hydrogen-bond acceptors (Lipinski definition) is 3. The van der Waals surface area contributed by atoms with Crippen LogP contribution in [0, 0.1) is 5.92 Å². The number of carbonyl (C=O) groups excluding carboxylic acids is 2. The molecule has 4 nitrogen and oxygen atoms in total. The van der Waals surface area contributed by atoms with Crippen molar-refractivity contribution in [2.24, 2.45) is 5.92 Å². The Hall–Kier alpha value is -1.06. The maximum absolute atomic E-state index is 11.5. The van der Waals surface area contributed by atoms with Gasteiger partial charge in [0.2, 0.25) is 5.91 Å². The Morgan fingerprint density at radius 2 is 2.43 bits per heavy atom. The Morgan fingerprint density at radius 1 is 1.64 bits per heavy atom. The zero-order valence-corrected chi connectivity index (χ0v) is 8.36. The number of fused-ring (bicyclic) bond motifs is 1. The highest BCUT2D eigenvalue weighted by atomic mass is 16.5. The molecule has 4 heteroatoms. The number of carbonyl (C=O) groups is 2. The second kappa shape index (κ2) is 3.59. The molecular weight excluding hydrogens is 182 g/mol. The van der Waals surface area contributed by atoms with E-state index in [0.29, 0.717) is 13.0 Å². The molecule has 0 spiro atoms. The molecule has 0 bridgehead atoms. The topological polar surface area (TPSA) is 46.6 Å². The predicted molar refractivity (Wildman–Crippen MR) is 49.5 cm³/mol. The van der Waals surface area contributed by atoms with E-state index in [1.807, 2.05) is 4.90 Å². The maximum Gasteiger partial charge on any atom is 0.311 e. The van der Waals surface area contributed by atoms with E-state index >= 15 is 0 Å². The molecule has 0 radical (unpaired) electrons. The number of nitrogens with zero attached hydrogens (tertiary/aromatic N) is 1. The van der Waals surface area contributed by atoms with E-state index in [2.05, 4.69) is 0 Å². The smallest absolute Gasteiger partial charge is 0.311 e. The number of amides is 1. The molecule has 0 aromatic carbocycles. The Balaban J connectivity index is 2.06. The summed E-state index contributed by atoms with van der Waals surface area (Å²) in [4.78, 5) is 24.9. The van der Waals surface area contributed by atoms with Crippen LogP contribution in [0.4, 0.5) is 0 Å². The molecule has 0 saturated carbocycles. The summed E-state index contributed by atoms with van der Waals surface area (Å²) in [6, 6.07) is 0.126. The summed E-state index contributed by atoms with van der Waals surface area (Å²) in [5, 5.41) is 0. The highest BCUT2D eigenvalue weighted by Crippen LogP contribution is 2.34. The minimum Gasteiger partial charge on any atom is -0.466 e. The van der Waals surface area contributed by atoms with Crippen LogP contribution in [0.2, 0.25) is 0 Å². The fourth-order valence-corrected chi connectivity index (χ4v) is 2.45. The fraction of sp³-hybridized carbons (Fsp3) is 0.800. The van der Waals surface area contributed by atoms with E-state index in [-0.39, 0.29) is 23.8 Å². The SMILES string of the molecule is CCOC(=O)[C@@H]1CC(=O)N2CCC[C@@H]12. The van der Waals surface area contributed by atoms with Crippen molar-refractivity contribution < 1.29 is 14.3 Å². The Morgan fingerprint density at radius 3 is 3.14 bits per heavy atom. The van der Waals surface area contributed by atoms with Crippen LogP contribution in [0.3, 0.4) is 0 Å². The van der Waals surface area contributed by atoms with Crippen LogP contribution in [0.1, 0.15) is 26.2 Å². The molecule has 0 aromatic rings. The van der Waals surface area contributed by atoms with Crippen LogP contribution in [0.5, 0.6) is 0 Å². The van der Waals surface area contributed by atoms with E-state index in [9.17, 15) is 9.59 Å². The summed E-state index contributed by atoms with van der Waals surface area (Å²) in [5.41, 5.74) is 0. The van der Waals surface area contributed by atoms with Gasteiger partial charge < -0.3 is 9.64 Å². The van der Waals surface area contributed by atoms with Gasteiger partial charge in [0, 0.05) is 19.0 Å². The molecule has 2 heterocycles. The fourth-order valence-electron chi connectivity index (χ4n) is 2.45. The van der Waals surface area contributed by atoms with Gasteiger partial charge in [-0.15, -0.1) is 0 Å². The first kappa shape index (κ1) is 9.49. The van der Waals surface area contributed by atoms with Crippen LogP contribution < -0.4 is 0 Å². The van der Waals surface area contributed by atoms with E-state index < -0.39 is 0 Å². The molecule has 0 unspecified atom stereocenters. The van der Waals surface area contributed by atoms with Gasteiger partial charge in [-0.3, -0.25) is 9.59 Å². The van der Waals surface area contributed by atoms with Gasteiger partial charge in [0.25, 0.3) is 0 Å². The van der Waals surface area contributed by atoms with Crippen LogP contribution >= 0.6 is 0 Å². The highest BCUT2D eigenvalue weighted by molar-refractivity contribution is 5.88. The molecule has 2 fully saturated rings. The molecular formula is C10H15NO3. The van der Waals surface area contributed by atoms with Gasteiger partial charge in [-0.05, 0) is 19.8 Å². The highest BCUT2D eigenvalue weighted by Gasteiger charge is 2.46. The van der Waals surface area contributed by atoms with Crippen LogP contribution in [-0.2, 0) is 14.3 Å². The van der Waals surface area contributed by atoms with Crippen molar-refractivity contribution in [2.45, 2.75) is 32.2 Å². The molecule has 2 rings (SSSR count).